The Morgan fingerprint density at radius 2 is 2.08 bits per heavy atom. The quantitative estimate of drug-likeness (QED) is 0.724. The van der Waals surface area contributed by atoms with Gasteiger partial charge in [-0.3, -0.25) is 0 Å². The van der Waals surface area contributed by atoms with Gasteiger partial charge in [-0.2, -0.15) is 0 Å². The molecule has 1 unspecified atom stereocenters. The van der Waals surface area contributed by atoms with Crippen LogP contribution in [0.2, 0.25) is 0 Å². The molecule has 0 aliphatic heterocycles. The third-order valence-electron chi connectivity index (χ3n) is 1.31. The highest BCUT2D eigenvalue weighted by Crippen LogP contribution is 2.12. The van der Waals surface area contributed by atoms with E-state index in [9.17, 15) is 13.0 Å². The summed E-state index contributed by atoms with van der Waals surface area (Å²) in [5.41, 5.74) is -0.0872. The topological polar surface area (TPSA) is 37.3 Å². The molecule has 1 atom stereocenters. The van der Waals surface area contributed by atoms with Crippen LogP contribution in [-0.2, 0) is 16.8 Å². The minimum absolute atomic E-state index is 0.0872. The zero-order valence-corrected chi connectivity index (χ0v) is 6.78. The number of benzene rings is 1. The molecule has 0 bridgehead atoms. The molecule has 1 aromatic carbocycles. The predicted octanol–water partition coefficient (Wildman–Crippen LogP) is 1.69. The van der Waals surface area contributed by atoms with Gasteiger partial charge in [0.25, 0.3) is 0 Å². The molecule has 1 N–H and O–H groups in total. The Kier molecular flexibility index (Phi) is 2.88. The second-order valence-corrected chi connectivity index (χ2v) is 3.11. The van der Waals surface area contributed by atoms with E-state index in [2.05, 4.69) is 0 Å². The van der Waals surface area contributed by atoms with Crippen molar-refractivity contribution in [1.82, 2.24) is 0 Å². The van der Waals surface area contributed by atoms with E-state index in [-0.39, 0.29) is 11.3 Å². The van der Waals surface area contributed by atoms with Crippen LogP contribution in [0, 0.1) is 11.6 Å². The van der Waals surface area contributed by atoms with E-state index >= 15 is 0 Å². The lowest BCUT2D eigenvalue weighted by Gasteiger charge is -1.99. The third kappa shape index (κ3) is 2.09. The van der Waals surface area contributed by atoms with Crippen molar-refractivity contribution in [2.24, 2.45) is 0 Å². The van der Waals surface area contributed by atoms with Crippen LogP contribution in [0.3, 0.4) is 0 Å². The lowest BCUT2D eigenvalue weighted by Crippen LogP contribution is -1.98. The summed E-state index contributed by atoms with van der Waals surface area (Å²) >= 11 is -2.14. The monoisotopic (exact) mass is 192 g/mol. The molecule has 5 heteroatoms. The van der Waals surface area contributed by atoms with Crippen LogP contribution >= 0.6 is 0 Å². The molecule has 0 aliphatic rings. The second kappa shape index (κ2) is 3.73. The largest absolute Gasteiger partial charge is 0.306 e. The van der Waals surface area contributed by atoms with Gasteiger partial charge in [0.2, 0.25) is 0 Å². The van der Waals surface area contributed by atoms with Crippen molar-refractivity contribution in [2.45, 2.75) is 5.75 Å². The van der Waals surface area contributed by atoms with E-state index in [4.69, 9.17) is 4.55 Å². The standard InChI is InChI=1S/C7H6F2O2S/c8-6-3-1-2-5(7(6)9)4-12(10)11/h1-3H,4H2,(H,10,11). The molecule has 12 heavy (non-hydrogen) atoms. The SMILES string of the molecule is O=S(O)Cc1cccc(F)c1F. The van der Waals surface area contributed by atoms with Gasteiger partial charge < -0.3 is 4.55 Å². The molecule has 0 aliphatic carbocycles. The fourth-order valence-corrected chi connectivity index (χ4v) is 1.28. The summed E-state index contributed by atoms with van der Waals surface area (Å²) in [4.78, 5) is 0. The van der Waals surface area contributed by atoms with Crippen LogP contribution < -0.4 is 0 Å². The molecule has 0 spiro atoms. The van der Waals surface area contributed by atoms with Crippen LogP contribution in [0.25, 0.3) is 0 Å². The third-order valence-corrected chi connectivity index (χ3v) is 1.87. The first-order valence-corrected chi connectivity index (χ1v) is 4.39. The van der Waals surface area contributed by atoms with Gasteiger partial charge in [-0.25, -0.2) is 13.0 Å². The normalized spacial score (nSPS) is 12.9. The molecule has 0 radical (unpaired) electrons. The van der Waals surface area contributed by atoms with Crippen molar-refractivity contribution in [2.75, 3.05) is 0 Å². The van der Waals surface area contributed by atoms with Crippen LogP contribution in [0.1, 0.15) is 5.56 Å². The fourth-order valence-electron chi connectivity index (χ4n) is 0.793. The van der Waals surface area contributed by atoms with Crippen LogP contribution in [0.5, 0.6) is 0 Å². The maximum Gasteiger partial charge on any atom is 0.163 e. The Morgan fingerprint density at radius 3 is 2.67 bits per heavy atom. The van der Waals surface area contributed by atoms with Gasteiger partial charge in [-0.05, 0) is 6.07 Å². The molecule has 0 saturated carbocycles. The first-order chi connectivity index (χ1) is 5.61. The Balaban J connectivity index is 3.00. The minimum atomic E-state index is -2.14. The van der Waals surface area contributed by atoms with Gasteiger partial charge in [0.15, 0.2) is 22.7 Å². The van der Waals surface area contributed by atoms with Gasteiger partial charge >= 0.3 is 0 Å². The van der Waals surface area contributed by atoms with E-state index in [0.717, 1.165) is 6.07 Å². The molecule has 2 nitrogen and oxygen atoms in total. The first-order valence-electron chi connectivity index (χ1n) is 3.11. The van der Waals surface area contributed by atoms with Crippen molar-refractivity contribution in [3.8, 4) is 0 Å². The molecule has 1 rings (SSSR count). The first kappa shape index (κ1) is 9.28. The number of halogens is 2. The zero-order chi connectivity index (χ0) is 9.14. The lowest BCUT2D eigenvalue weighted by molar-refractivity contribution is 0.500. The van der Waals surface area contributed by atoms with E-state index in [1.54, 1.807) is 0 Å². The average molecular weight is 192 g/mol. The Morgan fingerprint density at radius 1 is 1.42 bits per heavy atom. The second-order valence-electron chi connectivity index (χ2n) is 2.18. The van der Waals surface area contributed by atoms with Crippen molar-refractivity contribution >= 4 is 11.1 Å². The summed E-state index contributed by atoms with van der Waals surface area (Å²) in [5, 5.41) is 0. The highest BCUT2D eigenvalue weighted by molar-refractivity contribution is 7.78. The molecule has 0 aromatic heterocycles. The minimum Gasteiger partial charge on any atom is -0.306 e. The van der Waals surface area contributed by atoms with Gasteiger partial charge in [-0.1, -0.05) is 12.1 Å². The Hall–Kier alpha value is -0.810. The molecular weight excluding hydrogens is 186 g/mol. The molecule has 0 fully saturated rings. The zero-order valence-electron chi connectivity index (χ0n) is 5.96. The molecule has 0 saturated heterocycles. The van der Waals surface area contributed by atoms with Crippen molar-refractivity contribution in [1.29, 1.82) is 0 Å². The van der Waals surface area contributed by atoms with Gasteiger partial charge in [0.05, 0.1) is 5.75 Å². The van der Waals surface area contributed by atoms with E-state index in [0.29, 0.717) is 0 Å². The summed E-state index contributed by atoms with van der Waals surface area (Å²) < 4.78 is 43.9. The summed E-state index contributed by atoms with van der Waals surface area (Å²) in [5.74, 6) is -2.44. The molecule has 66 valence electrons. The maximum atomic E-state index is 12.7. The molecule has 0 heterocycles. The maximum absolute atomic E-state index is 12.7. The summed E-state index contributed by atoms with van der Waals surface area (Å²) in [6, 6.07) is 3.52. The molecular formula is C7H6F2O2S. The van der Waals surface area contributed by atoms with E-state index in [1.807, 2.05) is 0 Å². The van der Waals surface area contributed by atoms with Crippen LogP contribution in [-0.4, -0.2) is 8.76 Å². The van der Waals surface area contributed by atoms with Crippen molar-refractivity contribution < 1.29 is 17.5 Å². The average Bonchev–Trinajstić information content (AvgIpc) is 1.98. The number of rotatable bonds is 2. The molecule has 0 amide bonds. The number of hydrogen-bond donors (Lipinski definition) is 1. The van der Waals surface area contributed by atoms with Crippen LogP contribution in [0.15, 0.2) is 18.2 Å². The van der Waals surface area contributed by atoms with Crippen molar-refractivity contribution in [3.05, 3.63) is 35.4 Å². The van der Waals surface area contributed by atoms with E-state index < -0.39 is 22.7 Å². The highest BCUT2D eigenvalue weighted by Gasteiger charge is 2.08. The highest BCUT2D eigenvalue weighted by atomic mass is 32.2. The fraction of sp³-hybridized carbons (Fsp3) is 0.143. The van der Waals surface area contributed by atoms with Gasteiger partial charge in [-0.15, -0.1) is 0 Å². The Labute approximate surface area is 70.5 Å². The van der Waals surface area contributed by atoms with Gasteiger partial charge in [0, 0.05) is 5.56 Å². The summed E-state index contributed by atoms with van der Waals surface area (Å²) in [6.07, 6.45) is 0. The number of hydrogen-bond acceptors (Lipinski definition) is 1. The molecule has 1 aromatic rings. The van der Waals surface area contributed by atoms with E-state index in [1.165, 1.54) is 12.1 Å². The smallest absolute Gasteiger partial charge is 0.163 e. The Bertz CT molecular complexity index is 314. The lowest BCUT2D eigenvalue weighted by atomic mass is 10.2. The van der Waals surface area contributed by atoms with Crippen LogP contribution in [0.4, 0.5) is 8.78 Å². The van der Waals surface area contributed by atoms with Gasteiger partial charge in [0.1, 0.15) is 0 Å². The van der Waals surface area contributed by atoms with Crippen molar-refractivity contribution in [3.63, 3.8) is 0 Å². The summed E-state index contributed by atoms with van der Waals surface area (Å²) in [6.45, 7) is 0. The summed E-state index contributed by atoms with van der Waals surface area (Å²) in [7, 11) is 0. The predicted molar refractivity (Wildman–Crippen MR) is 40.8 cm³/mol.